The molecule has 1 unspecified atom stereocenters. The monoisotopic (exact) mass is 223 g/mol. The SMILES string of the molecule is COc1ccc2cccc3c2c1C(CC#N)C3. The van der Waals surface area contributed by atoms with Crippen molar-refractivity contribution in [1.29, 1.82) is 5.26 Å². The number of rotatable bonds is 2. The second-order valence-corrected chi connectivity index (χ2v) is 4.46. The lowest BCUT2D eigenvalue weighted by Crippen LogP contribution is -1.97. The van der Waals surface area contributed by atoms with Crippen LogP contribution in [0.5, 0.6) is 5.75 Å². The molecule has 84 valence electrons. The first-order chi connectivity index (χ1) is 8.35. The highest BCUT2D eigenvalue weighted by Gasteiger charge is 2.27. The van der Waals surface area contributed by atoms with E-state index in [1.165, 1.54) is 21.9 Å². The van der Waals surface area contributed by atoms with E-state index in [1.54, 1.807) is 7.11 Å². The van der Waals surface area contributed by atoms with Gasteiger partial charge in [-0.15, -0.1) is 0 Å². The minimum atomic E-state index is 0.288. The van der Waals surface area contributed by atoms with Crippen molar-refractivity contribution in [2.45, 2.75) is 18.8 Å². The van der Waals surface area contributed by atoms with Gasteiger partial charge in [-0.25, -0.2) is 0 Å². The van der Waals surface area contributed by atoms with Crippen LogP contribution in [0, 0.1) is 11.3 Å². The predicted molar refractivity (Wildman–Crippen MR) is 67.2 cm³/mol. The summed E-state index contributed by atoms with van der Waals surface area (Å²) in [5.74, 6) is 1.21. The van der Waals surface area contributed by atoms with Crippen LogP contribution < -0.4 is 4.74 Å². The Bertz CT molecular complexity index is 625. The molecule has 2 aromatic rings. The number of ether oxygens (including phenoxy) is 1. The van der Waals surface area contributed by atoms with Crippen LogP contribution in [0.25, 0.3) is 10.8 Å². The number of nitrogens with zero attached hydrogens (tertiary/aromatic N) is 1. The van der Waals surface area contributed by atoms with Crippen LogP contribution in [0.2, 0.25) is 0 Å². The van der Waals surface area contributed by atoms with Crippen LogP contribution in [-0.2, 0) is 6.42 Å². The van der Waals surface area contributed by atoms with Crippen molar-refractivity contribution in [3.8, 4) is 11.8 Å². The largest absolute Gasteiger partial charge is 0.496 e. The Labute approximate surface area is 100 Å². The summed E-state index contributed by atoms with van der Waals surface area (Å²) in [6.07, 6.45) is 1.52. The molecule has 2 heteroatoms. The zero-order valence-corrected chi connectivity index (χ0v) is 9.73. The Balaban J connectivity index is 2.31. The van der Waals surface area contributed by atoms with Crippen molar-refractivity contribution in [3.05, 3.63) is 41.5 Å². The van der Waals surface area contributed by atoms with E-state index in [4.69, 9.17) is 10.00 Å². The predicted octanol–water partition coefficient (Wildman–Crippen LogP) is 3.40. The summed E-state index contributed by atoms with van der Waals surface area (Å²) in [6.45, 7) is 0. The molecule has 2 nitrogen and oxygen atoms in total. The van der Waals surface area contributed by atoms with Gasteiger partial charge in [0, 0.05) is 17.9 Å². The van der Waals surface area contributed by atoms with Crippen molar-refractivity contribution in [3.63, 3.8) is 0 Å². The van der Waals surface area contributed by atoms with E-state index >= 15 is 0 Å². The molecule has 0 aromatic heterocycles. The van der Waals surface area contributed by atoms with Crippen molar-refractivity contribution in [2.75, 3.05) is 7.11 Å². The number of nitriles is 1. The van der Waals surface area contributed by atoms with Gasteiger partial charge in [-0.2, -0.15) is 5.26 Å². The molecular weight excluding hydrogens is 210 g/mol. The Morgan fingerprint density at radius 2 is 2.24 bits per heavy atom. The van der Waals surface area contributed by atoms with Crippen LogP contribution in [0.3, 0.4) is 0 Å². The van der Waals surface area contributed by atoms with Crippen molar-refractivity contribution < 1.29 is 4.74 Å². The zero-order valence-electron chi connectivity index (χ0n) is 9.73. The minimum absolute atomic E-state index is 0.288. The van der Waals surface area contributed by atoms with E-state index in [-0.39, 0.29) is 5.92 Å². The summed E-state index contributed by atoms with van der Waals surface area (Å²) in [6, 6.07) is 12.8. The average Bonchev–Trinajstić information content (AvgIpc) is 2.72. The van der Waals surface area contributed by atoms with Gasteiger partial charge in [0.25, 0.3) is 0 Å². The molecule has 0 heterocycles. The minimum Gasteiger partial charge on any atom is -0.496 e. The highest BCUT2D eigenvalue weighted by atomic mass is 16.5. The molecular formula is C15H13NO. The standard InChI is InChI=1S/C15H13NO/c1-17-13-6-5-10-3-2-4-11-9-12(7-8-16)15(13)14(10)11/h2-6,12H,7,9H2,1H3. The fourth-order valence-electron chi connectivity index (χ4n) is 2.87. The fourth-order valence-corrected chi connectivity index (χ4v) is 2.87. The van der Waals surface area contributed by atoms with E-state index in [2.05, 4.69) is 30.3 Å². The molecule has 1 atom stereocenters. The van der Waals surface area contributed by atoms with Gasteiger partial charge in [-0.05, 0) is 28.8 Å². The highest BCUT2D eigenvalue weighted by molar-refractivity contribution is 5.93. The number of benzene rings is 2. The van der Waals surface area contributed by atoms with Crippen LogP contribution in [0.1, 0.15) is 23.5 Å². The van der Waals surface area contributed by atoms with Crippen molar-refractivity contribution in [1.82, 2.24) is 0 Å². The highest BCUT2D eigenvalue weighted by Crippen LogP contribution is 2.44. The topological polar surface area (TPSA) is 33.0 Å². The Hall–Kier alpha value is -2.01. The van der Waals surface area contributed by atoms with Crippen LogP contribution in [0.4, 0.5) is 0 Å². The van der Waals surface area contributed by atoms with Crippen molar-refractivity contribution in [2.24, 2.45) is 0 Å². The normalized spacial score (nSPS) is 17.1. The molecule has 1 aliphatic rings. The van der Waals surface area contributed by atoms with E-state index < -0.39 is 0 Å². The molecule has 0 bridgehead atoms. The van der Waals surface area contributed by atoms with Gasteiger partial charge >= 0.3 is 0 Å². The molecule has 3 rings (SSSR count). The van der Waals surface area contributed by atoms with Gasteiger partial charge in [0.2, 0.25) is 0 Å². The van der Waals surface area contributed by atoms with Gasteiger partial charge in [0.15, 0.2) is 0 Å². The first-order valence-corrected chi connectivity index (χ1v) is 5.80. The third-order valence-electron chi connectivity index (χ3n) is 3.56. The second-order valence-electron chi connectivity index (χ2n) is 4.46. The van der Waals surface area contributed by atoms with Gasteiger partial charge in [0.1, 0.15) is 5.75 Å². The maximum Gasteiger partial charge on any atom is 0.123 e. The number of hydrogen-bond acceptors (Lipinski definition) is 2. The average molecular weight is 223 g/mol. The third-order valence-corrected chi connectivity index (χ3v) is 3.56. The van der Waals surface area contributed by atoms with E-state index in [1.807, 2.05) is 6.07 Å². The Morgan fingerprint density at radius 1 is 1.35 bits per heavy atom. The maximum absolute atomic E-state index is 8.93. The van der Waals surface area contributed by atoms with Crippen molar-refractivity contribution >= 4 is 10.8 Å². The number of hydrogen-bond donors (Lipinski definition) is 0. The summed E-state index contributed by atoms with van der Waals surface area (Å²) in [7, 11) is 1.70. The summed E-state index contributed by atoms with van der Waals surface area (Å²) in [4.78, 5) is 0. The fraction of sp³-hybridized carbons (Fsp3) is 0.267. The quantitative estimate of drug-likeness (QED) is 0.781. The molecule has 1 aliphatic carbocycles. The van der Waals surface area contributed by atoms with E-state index in [0.29, 0.717) is 6.42 Å². The van der Waals surface area contributed by atoms with Gasteiger partial charge in [-0.3, -0.25) is 0 Å². The lowest BCUT2D eigenvalue weighted by atomic mass is 9.96. The first kappa shape index (κ1) is 10.2. The molecule has 0 amide bonds. The van der Waals surface area contributed by atoms with Crippen LogP contribution in [0.15, 0.2) is 30.3 Å². The molecule has 2 aromatic carbocycles. The lowest BCUT2D eigenvalue weighted by Gasteiger charge is -2.12. The van der Waals surface area contributed by atoms with Crippen LogP contribution >= 0.6 is 0 Å². The summed E-state index contributed by atoms with van der Waals surface area (Å²) in [5.41, 5.74) is 2.57. The first-order valence-electron chi connectivity index (χ1n) is 5.80. The molecule has 0 fully saturated rings. The summed E-state index contributed by atoms with van der Waals surface area (Å²) >= 11 is 0. The van der Waals surface area contributed by atoms with E-state index in [9.17, 15) is 0 Å². The van der Waals surface area contributed by atoms with Gasteiger partial charge in [-0.1, -0.05) is 24.3 Å². The maximum atomic E-state index is 8.93. The van der Waals surface area contributed by atoms with Gasteiger partial charge < -0.3 is 4.74 Å². The smallest absolute Gasteiger partial charge is 0.123 e. The molecule has 17 heavy (non-hydrogen) atoms. The molecule has 0 radical (unpaired) electrons. The molecule has 0 aliphatic heterocycles. The summed E-state index contributed by atoms with van der Waals surface area (Å²) in [5, 5.41) is 11.5. The summed E-state index contributed by atoms with van der Waals surface area (Å²) < 4.78 is 5.44. The molecule has 0 N–H and O–H groups in total. The molecule has 0 spiro atoms. The number of methoxy groups -OCH3 is 1. The van der Waals surface area contributed by atoms with Crippen LogP contribution in [-0.4, -0.2) is 7.11 Å². The third kappa shape index (κ3) is 1.39. The van der Waals surface area contributed by atoms with E-state index in [0.717, 1.165) is 12.2 Å². The lowest BCUT2D eigenvalue weighted by molar-refractivity contribution is 0.407. The molecule has 0 saturated carbocycles. The van der Waals surface area contributed by atoms with Gasteiger partial charge in [0.05, 0.1) is 13.2 Å². The Morgan fingerprint density at radius 3 is 3.00 bits per heavy atom. The second kappa shape index (κ2) is 3.78. The molecule has 0 saturated heterocycles. The zero-order chi connectivity index (χ0) is 11.8. The Kier molecular flexibility index (Phi) is 2.26.